The van der Waals surface area contributed by atoms with Gasteiger partial charge in [-0.15, -0.1) is 0 Å². The molecular formula is C8H4BrClF4O2S. The second-order valence-electron chi connectivity index (χ2n) is 3.07. The van der Waals surface area contributed by atoms with E-state index in [2.05, 4.69) is 15.9 Å². The van der Waals surface area contributed by atoms with Crippen molar-refractivity contribution >= 4 is 35.7 Å². The number of rotatable bonds is 2. The third kappa shape index (κ3) is 3.56. The van der Waals surface area contributed by atoms with Crippen LogP contribution in [0.4, 0.5) is 17.6 Å². The third-order valence-corrected chi connectivity index (χ3v) is 4.11. The van der Waals surface area contributed by atoms with E-state index in [0.29, 0.717) is 6.07 Å². The molecule has 0 spiro atoms. The third-order valence-electron chi connectivity index (χ3n) is 1.83. The first-order valence-electron chi connectivity index (χ1n) is 3.98. The molecule has 96 valence electrons. The predicted molar refractivity (Wildman–Crippen MR) is 57.7 cm³/mol. The molecule has 1 unspecified atom stereocenters. The number of hydrogen-bond donors (Lipinski definition) is 0. The minimum absolute atomic E-state index is 0.0749. The smallest absolute Gasteiger partial charge is 0.211 e. The zero-order chi connectivity index (χ0) is 13.4. The van der Waals surface area contributed by atoms with Gasteiger partial charge in [-0.25, -0.2) is 12.8 Å². The van der Waals surface area contributed by atoms with E-state index in [1.807, 2.05) is 0 Å². The van der Waals surface area contributed by atoms with Gasteiger partial charge in [-0.3, -0.25) is 0 Å². The first kappa shape index (κ1) is 14.7. The Morgan fingerprint density at radius 1 is 1.29 bits per heavy atom. The Balaban J connectivity index is 3.39. The molecule has 0 aromatic heterocycles. The molecule has 1 aromatic rings. The van der Waals surface area contributed by atoms with Gasteiger partial charge in [0.15, 0.2) is 5.25 Å². The van der Waals surface area contributed by atoms with Crippen LogP contribution in [0.2, 0.25) is 0 Å². The molecule has 0 aliphatic carbocycles. The lowest BCUT2D eigenvalue weighted by atomic mass is 10.1. The second kappa shape index (κ2) is 4.74. The average molecular weight is 356 g/mol. The van der Waals surface area contributed by atoms with E-state index in [-0.39, 0.29) is 4.47 Å². The minimum Gasteiger partial charge on any atom is -0.211 e. The molecule has 1 aromatic carbocycles. The van der Waals surface area contributed by atoms with Gasteiger partial charge in [0.05, 0.1) is 4.47 Å². The number of halogens is 6. The lowest BCUT2D eigenvalue weighted by Crippen LogP contribution is -2.25. The summed E-state index contributed by atoms with van der Waals surface area (Å²) in [5.41, 5.74) is -0.770. The maximum absolute atomic E-state index is 13.1. The Kier molecular flexibility index (Phi) is 4.10. The minimum atomic E-state index is -5.11. The highest BCUT2D eigenvalue weighted by atomic mass is 79.9. The van der Waals surface area contributed by atoms with Gasteiger partial charge in [0.1, 0.15) is 5.82 Å². The average Bonchev–Trinajstić information content (AvgIpc) is 2.06. The number of hydrogen-bond acceptors (Lipinski definition) is 2. The molecule has 0 bridgehead atoms. The molecule has 0 heterocycles. The van der Waals surface area contributed by atoms with Gasteiger partial charge >= 0.3 is 6.18 Å². The van der Waals surface area contributed by atoms with Gasteiger partial charge in [0.25, 0.3) is 0 Å². The van der Waals surface area contributed by atoms with Crippen molar-refractivity contribution in [3.05, 3.63) is 34.1 Å². The van der Waals surface area contributed by atoms with Gasteiger partial charge in [0.2, 0.25) is 9.05 Å². The Bertz CT molecular complexity index is 529. The second-order valence-corrected chi connectivity index (χ2v) is 6.64. The van der Waals surface area contributed by atoms with Crippen molar-refractivity contribution in [3.8, 4) is 0 Å². The molecule has 9 heteroatoms. The molecule has 1 atom stereocenters. The lowest BCUT2D eigenvalue weighted by Gasteiger charge is -2.17. The SMILES string of the molecule is O=S(=O)(Cl)C(c1ccc(Br)c(F)c1)C(F)(F)F. The van der Waals surface area contributed by atoms with Gasteiger partial charge in [-0.2, -0.15) is 13.2 Å². The fourth-order valence-corrected chi connectivity index (χ4v) is 2.84. The fraction of sp³-hybridized carbons (Fsp3) is 0.250. The van der Waals surface area contributed by atoms with Crippen molar-refractivity contribution in [2.75, 3.05) is 0 Å². The van der Waals surface area contributed by atoms with Gasteiger partial charge < -0.3 is 0 Å². The summed E-state index contributed by atoms with van der Waals surface area (Å²) < 4.78 is 72.4. The summed E-state index contributed by atoms with van der Waals surface area (Å²) >= 11 is 2.74. The fourth-order valence-electron chi connectivity index (χ4n) is 1.19. The van der Waals surface area contributed by atoms with E-state index in [1.54, 1.807) is 0 Å². The van der Waals surface area contributed by atoms with Crippen LogP contribution in [0.15, 0.2) is 22.7 Å². The summed E-state index contributed by atoms with van der Waals surface area (Å²) in [7, 11) is -0.211. The van der Waals surface area contributed by atoms with Crippen LogP contribution in [0.25, 0.3) is 0 Å². The molecule has 2 nitrogen and oxygen atoms in total. The number of alkyl halides is 3. The van der Waals surface area contributed by atoms with Crippen molar-refractivity contribution in [2.45, 2.75) is 11.4 Å². The van der Waals surface area contributed by atoms with E-state index in [1.165, 1.54) is 0 Å². The molecule has 1 rings (SSSR count). The van der Waals surface area contributed by atoms with Crippen LogP contribution in [0.3, 0.4) is 0 Å². The Morgan fingerprint density at radius 2 is 1.82 bits per heavy atom. The van der Waals surface area contributed by atoms with Crippen LogP contribution in [0, 0.1) is 5.82 Å². The van der Waals surface area contributed by atoms with Crippen LogP contribution in [0.1, 0.15) is 10.8 Å². The highest BCUT2D eigenvalue weighted by molar-refractivity contribution is 9.10. The standard InChI is InChI=1S/C8H4BrClF4O2S/c9-5-2-1-4(3-6(5)11)7(8(12,13)14)17(10,15)16/h1-3,7H. The monoisotopic (exact) mass is 354 g/mol. The summed E-state index contributed by atoms with van der Waals surface area (Å²) in [5.74, 6) is -1.00. The first-order chi connectivity index (χ1) is 7.53. The van der Waals surface area contributed by atoms with Crippen LogP contribution in [-0.2, 0) is 9.05 Å². The Labute approximate surface area is 107 Å². The van der Waals surface area contributed by atoms with E-state index >= 15 is 0 Å². The summed E-state index contributed by atoms with van der Waals surface area (Å²) in [6.07, 6.45) is -5.11. The van der Waals surface area contributed by atoms with E-state index in [0.717, 1.165) is 12.1 Å². The Hall–Kier alpha value is -0.340. The van der Waals surface area contributed by atoms with Crippen molar-refractivity contribution in [1.29, 1.82) is 0 Å². The summed E-state index contributed by atoms with van der Waals surface area (Å²) in [6, 6.07) is 2.29. The highest BCUT2D eigenvalue weighted by Gasteiger charge is 2.49. The topological polar surface area (TPSA) is 34.1 Å². The predicted octanol–water partition coefficient (Wildman–Crippen LogP) is 3.76. The Morgan fingerprint density at radius 3 is 2.18 bits per heavy atom. The van der Waals surface area contributed by atoms with Crippen LogP contribution in [-0.4, -0.2) is 14.6 Å². The molecule has 0 aliphatic rings. The van der Waals surface area contributed by atoms with Gasteiger partial charge in [-0.1, -0.05) is 6.07 Å². The van der Waals surface area contributed by atoms with Crippen molar-refractivity contribution in [2.24, 2.45) is 0 Å². The molecular weight excluding hydrogens is 352 g/mol. The molecule has 0 aliphatic heterocycles. The maximum Gasteiger partial charge on any atom is 0.410 e. The molecule has 0 N–H and O–H groups in total. The quantitative estimate of drug-likeness (QED) is 0.598. The van der Waals surface area contributed by atoms with Crippen molar-refractivity contribution in [3.63, 3.8) is 0 Å². The van der Waals surface area contributed by atoms with Gasteiger partial charge in [-0.05, 0) is 33.6 Å². The maximum atomic E-state index is 13.1. The van der Waals surface area contributed by atoms with E-state index in [9.17, 15) is 26.0 Å². The summed E-state index contributed by atoms with van der Waals surface area (Å²) in [6.45, 7) is 0. The van der Waals surface area contributed by atoms with Gasteiger partial charge in [0, 0.05) is 10.7 Å². The molecule has 0 saturated heterocycles. The van der Waals surface area contributed by atoms with Crippen molar-refractivity contribution in [1.82, 2.24) is 0 Å². The summed E-state index contributed by atoms with van der Waals surface area (Å²) in [4.78, 5) is 0. The molecule has 0 amide bonds. The number of benzene rings is 1. The summed E-state index contributed by atoms with van der Waals surface area (Å²) in [5, 5.41) is -2.95. The molecule has 17 heavy (non-hydrogen) atoms. The molecule has 0 radical (unpaired) electrons. The molecule has 0 saturated carbocycles. The van der Waals surface area contributed by atoms with Crippen LogP contribution < -0.4 is 0 Å². The van der Waals surface area contributed by atoms with E-state index in [4.69, 9.17) is 10.7 Å². The van der Waals surface area contributed by atoms with Crippen LogP contribution in [0.5, 0.6) is 0 Å². The lowest BCUT2D eigenvalue weighted by molar-refractivity contribution is -0.131. The largest absolute Gasteiger partial charge is 0.410 e. The van der Waals surface area contributed by atoms with E-state index < -0.39 is 31.9 Å². The zero-order valence-corrected chi connectivity index (χ0v) is 11.0. The normalized spacial score (nSPS) is 14.7. The highest BCUT2D eigenvalue weighted by Crippen LogP contribution is 2.41. The zero-order valence-electron chi connectivity index (χ0n) is 7.80. The van der Waals surface area contributed by atoms with Crippen LogP contribution >= 0.6 is 26.6 Å². The van der Waals surface area contributed by atoms with Crippen molar-refractivity contribution < 1.29 is 26.0 Å². The molecule has 0 fully saturated rings. The first-order valence-corrected chi connectivity index (χ1v) is 7.15.